The van der Waals surface area contributed by atoms with Crippen LogP contribution in [0.3, 0.4) is 0 Å². The lowest BCUT2D eigenvalue weighted by Gasteiger charge is -2.09. The Morgan fingerprint density at radius 3 is 2.44 bits per heavy atom. The van der Waals surface area contributed by atoms with Crippen molar-refractivity contribution in [3.05, 3.63) is 59.2 Å². The predicted octanol–water partition coefficient (Wildman–Crippen LogP) is 3.97. The fraction of sp³-hybridized carbons (Fsp3) is 0.300. The number of carbonyl (C=O) groups excluding carboxylic acids is 2. The Balaban J connectivity index is 1.59. The van der Waals surface area contributed by atoms with Crippen molar-refractivity contribution < 1.29 is 23.8 Å². The monoisotopic (exact) mass is 340 g/mol. The number of rotatable bonds is 6. The molecule has 0 N–H and O–H groups in total. The van der Waals surface area contributed by atoms with Gasteiger partial charge in [0.2, 0.25) is 6.79 Å². The molecule has 1 aliphatic heterocycles. The fourth-order valence-electron chi connectivity index (χ4n) is 2.55. The first-order chi connectivity index (χ1) is 12.1. The van der Waals surface area contributed by atoms with Gasteiger partial charge in [-0.05, 0) is 36.1 Å². The van der Waals surface area contributed by atoms with Crippen LogP contribution in [0, 0.1) is 0 Å². The first-order valence-electron chi connectivity index (χ1n) is 8.28. The van der Waals surface area contributed by atoms with Crippen molar-refractivity contribution in [2.45, 2.75) is 26.2 Å². The molecule has 0 amide bonds. The molecule has 130 valence electrons. The molecule has 0 bridgehead atoms. The summed E-state index contributed by atoms with van der Waals surface area (Å²) in [5, 5.41) is 0. The normalized spacial score (nSPS) is 13.4. The van der Waals surface area contributed by atoms with Crippen LogP contribution in [0.15, 0.2) is 42.5 Å². The van der Waals surface area contributed by atoms with Crippen LogP contribution in [0.5, 0.6) is 11.5 Å². The average molecular weight is 340 g/mol. The number of ketones is 1. The molecule has 0 aliphatic carbocycles. The Hall–Kier alpha value is -2.82. The Bertz CT molecular complexity index is 779. The summed E-state index contributed by atoms with van der Waals surface area (Å²) in [6, 6.07) is 12.2. The van der Waals surface area contributed by atoms with E-state index in [0.717, 1.165) is 6.42 Å². The molecule has 0 radical (unpaired) electrons. The van der Waals surface area contributed by atoms with Gasteiger partial charge >= 0.3 is 5.97 Å². The van der Waals surface area contributed by atoms with E-state index in [0.29, 0.717) is 28.5 Å². The van der Waals surface area contributed by atoms with Crippen LogP contribution in [-0.2, 0) is 4.74 Å². The van der Waals surface area contributed by atoms with Crippen molar-refractivity contribution in [2.24, 2.45) is 0 Å². The molecule has 25 heavy (non-hydrogen) atoms. The SMILES string of the molecule is CC[C@H](C)c1ccc(C(=O)COC(=O)c2ccc3c(c2)OCO3)cc1. The lowest BCUT2D eigenvalue weighted by molar-refractivity contribution is 0.0474. The summed E-state index contributed by atoms with van der Waals surface area (Å²) in [6.07, 6.45) is 1.04. The zero-order chi connectivity index (χ0) is 17.8. The molecule has 1 aliphatic rings. The van der Waals surface area contributed by atoms with Gasteiger partial charge in [0.15, 0.2) is 23.9 Å². The van der Waals surface area contributed by atoms with Crippen molar-refractivity contribution in [3.63, 3.8) is 0 Å². The van der Waals surface area contributed by atoms with Gasteiger partial charge in [-0.1, -0.05) is 38.1 Å². The Kier molecular flexibility index (Phi) is 5.03. The largest absolute Gasteiger partial charge is 0.454 e. The van der Waals surface area contributed by atoms with Crippen LogP contribution in [0.4, 0.5) is 0 Å². The van der Waals surface area contributed by atoms with Gasteiger partial charge in [-0.25, -0.2) is 4.79 Å². The van der Waals surface area contributed by atoms with Crippen molar-refractivity contribution >= 4 is 11.8 Å². The smallest absolute Gasteiger partial charge is 0.338 e. The predicted molar refractivity (Wildman–Crippen MR) is 92.3 cm³/mol. The second kappa shape index (κ2) is 7.38. The van der Waals surface area contributed by atoms with Crippen LogP contribution in [0.25, 0.3) is 0 Å². The summed E-state index contributed by atoms with van der Waals surface area (Å²) in [5.41, 5.74) is 2.05. The van der Waals surface area contributed by atoms with Crippen LogP contribution in [-0.4, -0.2) is 25.2 Å². The number of Topliss-reactive ketones (excluding diaryl/α,β-unsaturated/α-hetero) is 1. The second-order valence-corrected chi connectivity index (χ2v) is 6.00. The molecule has 1 heterocycles. The quantitative estimate of drug-likeness (QED) is 0.588. The zero-order valence-corrected chi connectivity index (χ0v) is 14.3. The van der Waals surface area contributed by atoms with E-state index in [2.05, 4.69) is 13.8 Å². The lowest BCUT2D eigenvalue weighted by atomic mass is 9.97. The van der Waals surface area contributed by atoms with Crippen molar-refractivity contribution in [1.82, 2.24) is 0 Å². The summed E-state index contributed by atoms with van der Waals surface area (Å²) in [4.78, 5) is 24.3. The Morgan fingerprint density at radius 2 is 1.72 bits per heavy atom. The number of ether oxygens (including phenoxy) is 3. The van der Waals surface area contributed by atoms with Gasteiger partial charge in [0.25, 0.3) is 0 Å². The second-order valence-electron chi connectivity index (χ2n) is 6.00. The number of esters is 1. The maximum atomic E-state index is 12.2. The number of carbonyl (C=O) groups is 2. The third-order valence-electron chi connectivity index (χ3n) is 4.36. The van der Waals surface area contributed by atoms with Crippen LogP contribution in [0.1, 0.15) is 52.5 Å². The molecule has 1 atom stereocenters. The fourth-order valence-corrected chi connectivity index (χ4v) is 2.55. The van der Waals surface area contributed by atoms with Gasteiger partial charge in [0.1, 0.15) is 0 Å². The highest BCUT2D eigenvalue weighted by atomic mass is 16.7. The molecule has 0 fully saturated rings. The van der Waals surface area contributed by atoms with Gasteiger partial charge in [-0.3, -0.25) is 4.79 Å². The third kappa shape index (κ3) is 3.82. The molecule has 3 rings (SSSR count). The number of fused-ring (bicyclic) bond motifs is 1. The van der Waals surface area contributed by atoms with Crippen molar-refractivity contribution in [3.8, 4) is 11.5 Å². The maximum Gasteiger partial charge on any atom is 0.338 e. The van der Waals surface area contributed by atoms with E-state index in [1.807, 2.05) is 12.1 Å². The maximum absolute atomic E-state index is 12.2. The van der Waals surface area contributed by atoms with Gasteiger partial charge in [0, 0.05) is 5.56 Å². The minimum absolute atomic E-state index is 0.138. The molecule has 0 saturated carbocycles. The van der Waals surface area contributed by atoms with Crippen LogP contribution < -0.4 is 9.47 Å². The molecule has 2 aromatic rings. The molecular formula is C20H20O5. The zero-order valence-electron chi connectivity index (χ0n) is 14.3. The molecular weight excluding hydrogens is 320 g/mol. The minimum atomic E-state index is -0.567. The van der Waals surface area contributed by atoms with Gasteiger partial charge in [-0.2, -0.15) is 0 Å². The van der Waals surface area contributed by atoms with Crippen molar-refractivity contribution in [1.29, 1.82) is 0 Å². The summed E-state index contributed by atoms with van der Waals surface area (Å²) in [6.45, 7) is 4.11. The lowest BCUT2D eigenvalue weighted by Crippen LogP contribution is -2.14. The standard InChI is InChI=1S/C20H20O5/c1-3-13(2)14-4-6-15(7-5-14)17(21)11-23-20(22)16-8-9-18-19(10-16)25-12-24-18/h4-10,13H,3,11-12H2,1-2H3/t13-/m0/s1. The number of hydrogen-bond donors (Lipinski definition) is 0. The highest BCUT2D eigenvalue weighted by Crippen LogP contribution is 2.32. The molecule has 2 aromatic carbocycles. The highest BCUT2D eigenvalue weighted by Gasteiger charge is 2.18. The summed E-state index contributed by atoms with van der Waals surface area (Å²) in [5.74, 6) is 0.746. The van der Waals surface area contributed by atoms with E-state index < -0.39 is 5.97 Å². The summed E-state index contributed by atoms with van der Waals surface area (Å²) < 4.78 is 15.5. The highest BCUT2D eigenvalue weighted by molar-refractivity contribution is 5.99. The molecule has 0 aromatic heterocycles. The van der Waals surface area contributed by atoms with Crippen LogP contribution in [0.2, 0.25) is 0 Å². The summed E-state index contributed by atoms with van der Waals surface area (Å²) in [7, 11) is 0. The topological polar surface area (TPSA) is 61.8 Å². The molecule has 5 nitrogen and oxygen atoms in total. The first-order valence-corrected chi connectivity index (χ1v) is 8.28. The third-order valence-corrected chi connectivity index (χ3v) is 4.36. The van der Waals surface area contributed by atoms with E-state index in [1.165, 1.54) is 5.56 Å². The molecule has 0 spiro atoms. The van der Waals surface area contributed by atoms with E-state index in [-0.39, 0.29) is 19.2 Å². The molecule has 0 unspecified atom stereocenters. The molecule has 0 saturated heterocycles. The Morgan fingerprint density at radius 1 is 1.04 bits per heavy atom. The van der Waals surface area contributed by atoms with Gasteiger partial charge in [0.05, 0.1) is 5.56 Å². The minimum Gasteiger partial charge on any atom is -0.454 e. The molecule has 5 heteroatoms. The number of hydrogen-bond acceptors (Lipinski definition) is 5. The first kappa shape index (κ1) is 17.0. The summed E-state index contributed by atoms with van der Waals surface area (Å²) >= 11 is 0. The van der Waals surface area contributed by atoms with E-state index in [9.17, 15) is 9.59 Å². The van der Waals surface area contributed by atoms with Crippen molar-refractivity contribution in [2.75, 3.05) is 13.4 Å². The van der Waals surface area contributed by atoms with Gasteiger partial charge in [-0.15, -0.1) is 0 Å². The number of benzene rings is 2. The Labute approximate surface area is 146 Å². The average Bonchev–Trinajstić information content (AvgIpc) is 3.13. The van der Waals surface area contributed by atoms with Gasteiger partial charge < -0.3 is 14.2 Å². The van der Waals surface area contributed by atoms with E-state index in [1.54, 1.807) is 30.3 Å². The van der Waals surface area contributed by atoms with E-state index in [4.69, 9.17) is 14.2 Å². The van der Waals surface area contributed by atoms with E-state index >= 15 is 0 Å². The van der Waals surface area contributed by atoms with Crippen LogP contribution >= 0.6 is 0 Å².